The molecule has 13 heteroatoms. The lowest BCUT2D eigenvalue weighted by Gasteiger charge is -2.24. The Kier molecular flexibility index (Phi) is 6.03. The second kappa shape index (κ2) is 7.59. The Morgan fingerprint density at radius 2 is 1.60 bits per heavy atom. The SMILES string of the molecule is NCCCCC(N)(C(=O)O)c1ccc([N+](=O)[O-])c([N+](=O)[O-])c1[N+](=O)[O-]. The summed E-state index contributed by atoms with van der Waals surface area (Å²) in [5.74, 6) is -1.66. The molecule has 0 aliphatic rings. The van der Waals surface area contributed by atoms with Crippen LogP contribution in [0.4, 0.5) is 17.1 Å². The van der Waals surface area contributed by atoms with Crippen LogP contribution in [-0.2, 0) is 10.3 Å². The molecule has 13 nitrogen and oxygen atoms in total. The van der Waals surface area contributed by atoms with Crippen molar-refractivity contribution in [2.75, 3.05) is 6.54 Å². The Morgan fingerprint density at radius 1 is 1.04 bits per heavy atom. The zero-order valence-corrected chi connectivity index (χ0v) is 12.8. The quantitative estimate of drug-likeness (QED) is 0.320. The Balaban J connectivity index is 3.75. The van der Waals surface area contributed by atoms with Crippen LogP contribution in [-0.4, -0.2) is 32.4 Å². The fourth-order valence-electron chi connectivity index (χ4n) is 2.35. The number of nitrogens with zero attached hydrogens (tertiary/aromatic N) is 3. The van der Waals surface area contributed by atoms with Crippen LogP contribution in [0.1, 0.15) is 24.8 Å². The Labute approximate surface area is 139 Å². The average Bonchev–Trinajstić information content (AvgIpc) is 2.52. The molecule has 0 saturated carbocycles. The van der Waals surface area contributed by atoms with Gasteiger partial charge in [0.15, 0.2) is 0 Å². The van der Waals surface area contributed by atoms with Crippen LogP contribution in [0, 0.1) is 30.3 Å². The number of hydrogen-bond donors (Lipinski definition) is 3. The van der Waals surface area contributed by atoms with Crippen LogP contribution in [0.15, 0.2) is 12.1 Å². The molecule has 1 unspecified atom stereocenters. The highest BCUT2D eigenvalue weighted by Gasteiger charge is 2.47. The third-order valence-electron chi connectivity index (χ3n) is 3.58. The molecule has 0 fully saturated rings. The number of hydrogen-bond acceptors (Lipinski definition) is 9. The Morgan fingerprint density at radius 3 is 2.00 bits per heavy atom. The van der Waals surface area contributed by atoms with Gasteiger partial charge >= 0.3 is 23.0 Å². The van der Waals surface area contributed by atoms with E-state index in [1.807, 2.05) is 0 Å². The van der Waals surface area contributed by atoms with E-state index in [2.05, 4.69) is 0 Å². The molecule has 1 rings (SSSR count). The van der Waals surface area contributed by atoms with Gasteiger partial charge < -0.3 is 16.6 Å². The lowest BCUT2D eigenvalue weighted by atomic mass is 9.84. The maximum Gasteiger partial charge on any atom is 0.422 e. The predicted octanol–water partition coefficient (Wildman–Crippen LogP) is 0.779. The molecule has 0 aliphatic carbocycles. The van der Waals surface area contributed by atoms with Gasteiger partial charge in [0.2, 0.25) is 0 Å². The van der Waals surface area contributed by atoms with Crippen molar-refractivity contribution in [1.82, 2.24) is 0 Å². The van der Waals surface area contributed by atoms with Gasteiger partial charge in [0.05, 0.1) is 20.3 Å². The number of nitro groups is 3. The van der Waals surface area contributed by atoms with Crippen molar-refractivity contribution < 1.29 is 24.7 Å². The molecule has 0 spiro atoms. The van der Waals surface area contributed by atoms with Gasteiger partial charge in [0, 0.05) is 6.07 Å². The minimum atomic E-state index is -2.34. The van der Waals surface area contributed by atoms with E-state index in [0.29, 0.717) is 12.5 Å². The van der Waals surface area contributed by atoms with Crippen LogP contribution < -0.4 is 11.5 Å². The van der Waals surface area contributed by atoms with Gasteiger partial charge in [-0.3, -0.25) is 30.3 Å². The molecule has 0 saturated heterocycles. The number of unbranched alkanes of at least 4 members (excludes halogenated alkanes) is 1. The van der Waals surface area contributed by atoms with Crippen molar-refractivity contribution in [3.63, 3.8) is 0 Å². The highest BCUT2D eigenvalue weighted by molar-refractivity contribution is 5.85. The summed E-state index contributed by atoms with van der Waals surface area (Å²) in [4.78, 5) is 41.3. The predicted molar refractivity (Wildman–Crippen MR) is 82.8 cm³/mol. The number of rotatable bonds is 9. The summed E-state index contributed by atoms with van der Waals surface area (Å²) < 4.78 is 0. The van der Waals surface area contributed by atoms with E-state index < -0.39 is 48.9 Å². The first-order valence-corrected chi connectivity index (χ1v) is 6.91. The number of aliphatic carboxylic acids is 1. The molecule has 136 valence electrons. The van der Waals surface area contributed by atoms with E-state index in [0.717, 1.165) is 6.07 Å². The first-order chi connectivity index (χ1) is 11.6. The molecule has 0 radical (unpaired) electrons. The summed E-state index contributed by atoms with van der Waals surface area (Å²) in [6, 6.07) is 1.40. The Bertz CT molecular complexity index is 736. The molecular weight excluding hydrogens is 342 g/mol. The Hall–Kier alpha value is -3.19. The van der Waals surface area contributed by atoms with Crippen molar-refractivity contribution in [3.05, 3.63) is 48.0 Å². The molecule has 0 bridgehead atoms. The van der Waals surface area contributed by atoms with Gasteiger partial charge in [-0.1, -0.05) is 0 Å². The van der Waals surface area contributed by atoms with Crippen molar-refractivity contribution in [3.8, 4) is 0 Å². The molecule has 0 heterocycles. The van der Waals surface area contributed by atoms with Gasteiger partial charge in [-0.25, -0.2) is 4.79 Å². The van der Waals surface area contributed by atoms with E-state index in [9.17, 15) is 40.2 Å². The smallest absolute Gasteiger partial charge is 0.422 e. The van der Waals surface area contributed by atoms with E-state index >= 15 is 0 Å². The maximum absolute atomic E-state index is 11.6. The van der Waals surface area contributed by atoms with Gasteiger partial charge in [-0.15, -0.1) is 0 Å². The number of benzene rings is 1. The molecular formula is C12H15N5O8. The standard InChI is InChI=1S/C12H15N5O8/c13-6-2-1-5-12(14,11(18)19)7-3-4-8(15(20)21)10(17(24)25)9(7)16(22)23/h3-4H,1-2,5-6,13-14H2,(H,18,19). The number of carboxylic acids is 1. The number of carbonyl (C=O) groups is 1. The van der Waals surface area contributed by atoms with Gasteiger partial charge in [0.25, 0.3) is 0 Å². The summed E-state index contributed by atoms with van der Waals surface area (Å²) in [7, 11) is 0. The van der Waals surface area contributed by atoms with Crippen molar-refractivity contribution in [2.24, 2.45) is 11.5 Å². The average molecular weight is 357 g/mol. The van der Waals surface area contributed by atoms with E-state index in [1.54, 1.807) is 0 Å². The molecule has 25 heavy (non-hydrogen) atoms. The van der Waals surface area contributed by atoms with Crippen molar-refractivity contribution in [2.45, 2.75) is 24.8 Å². The second-order valence-electron chi connectivity index (χ2n) is 5.12. The number of nitro benzene ring substituents is 3. The monoisotopic (exact) mass is 357 g/mol. The summed E-state index contributed by atoms with van der Waals surface area (Å²) in [6.07, 6.45) is 0.256. The molecule has 1 aromatic carbocycles. The fourth-order valence-corrected chi connectivity index (χ4v) is 2.35. The van der Waals surface area contributed by atoms with Gasteiger partial charge in [-0.05, 0) is 31.9 Å². The largest absolute Gasteiger partial charge is 0.480 e. The topological polar surface area (TPSA) is 219 Å². The van der Waals surface area contributed by atoms with E-state index in [-0.39, 0.29) is 19.4 Å². The number of nitrogens with two attached hydrogens (primary N) is 2. The molecule has 1 atom stereocenters. The summed E-state index contributed by atoms with van der Waals surface area (Å²) >= 11 is 0. The first kappa shape index (κ1) is 19.9. The summed E-state index contributed by atoms with van der Waals surface area (Å²) in [5.41, 5.74) is 4.24. The number of carboxylic acid groups (broad SMARTS) is 1. The summed E-state index contributed by atoms with van der Waals surface area (Å²) in [6.45, 7) is 0.220. The van der Waals surface area contributed by atoms with Crippen molar-refractivity contribution in [1.29, 1.82) is 0 Å². The van der Waals surface area contributed by atoms with Crippen LogP contribution in [0.3, 0.4) is 0 Å². The molecule has 1 aromatic rings. The highest BCUT2D eigenvalue weighted by Crippen LogP contribution is 2.43. The lowest BCUT2D eigenvalue weighted by molar-refractivity contribution is -0.441. The molecule has 0 amide bonds. The lowest BCUT2D eigenvalue weighted by Crippen LogP contribution is -2.45. The van der Waals surface area contributed by atoms with Crippen LogP contribution in [0.5, 0.6) is 0 Å². The molecule has 0 aromatic heterocycles. The normalized spacial score (nSPS) is 13.0. The maximum atomic E-state index is 11.6. The fraction of sp³-hybridized carbons (Fsp3) is 0.417. The van der Waals surface area contributed by atoms with Crippen molar-refractivity contribution >= 4 is 23.0 Å². The summed E-state index contributed by atoms with van der Waals surface area (Å²) in [5, 5.41) is 42.8. The first-order valence-electron chi connectivity index (χ1n) is 6.91. The zero-order valence-electron chi connectivity index (χ0n) is 12.8. The molecule has 5 N–H and O–H groups in total. The third-order valence-corrected chi connectivity index (χ3v) is 3.58. The minimum Gasteiger partial charge on any atom is -0.480 e. The second-order valence-corrected chi connectivity index (χ2v) is 5.12. The van der Waals surface area contributed by atoms with E-state index in [1.165, 1.54) is 0 Å². The molecule has 0 aliphatic heterocycles. The van der Waals surface area contributed by atoms with Crippen LogP contribution in [0.25, 0.3) is 0 Å². The zero-order chi connectivity index (χ0) is 19.4. The minimum absolute atomic E-state index is 0.182. The third kappa shape index (κ3) is 3.84. The van der Waals surface area contributed by atoms with E-state index in [4.69, 9.17) is 11.5 Å². The highest BCUT2D eigenvalue weighted by atomic mass is 16.6. The van der Waals surface area contributed by atoms with Gasteiger partial charge in [0.1, 0.15) is 5.54 Å². The van der Waals surface area contributed by atoms with Crippen LogP contribution in [0.2, 0.25) is 0 Å². The van der Waals surface area contributed by atoms with Gasteiger partial charge in [-0.2, -0.15) is 0 Å². The van der Waals surface area contributed by atoms with Crippen LogP contribution >= 0.6 is 0 Å².